The van der Waals surface area contributed by atoms with Crippen molar-refractivity contribution in [2.24, 2.45) is 5.41 Å². The van der Waals surface area contributed by atoms with Crippen molar-refractivity contribution in [1.82, 2.24) is 10.3 Å². The summed E-state index contributed by atoms with van der Waals surface area (Å²) in [5, 5.41) is 5.71. The third-order valence-corrected chi connectivity index (χ3v) is 4.55. The molecular weight excluding hydrogens is 347 g/mol. The molecule has 2 N–H and O–H groups in total. The molecule has 0 spiro atoms. The van der Waals surface area contributed by atoms with Crippen molar-refractivity contribution in [2.45, 2.75) is 44.6 Å². The van der Waals surface area contributed by atoms with E-state index in [9.17, 15) is 18.0 Å². The SMILES string of the molecule is COCc1ccc(C(F)(F)F)nc1NC(=O)[C@@H]1C[C@@]2(C)C[C@H]2N1.Cl. The minimum Gasteiger partial charge on any atom is -0.380 e. The number of anilines is 1. The molecule has 5 nitrogen and oxygen atoms in total. The Morgan fingerprint density at radius 2 is 2.17 bits per heavy atom. The number of halogens is 4. The largest absolute Gasteiger partial charge is 0.433 e. The quantitative estimate of drug-likeness (QED) is 0.861. The lowest BCUT2D eigenvalue weighted by Crippen LogP contribution is -2.38. The van der Waals surface area contributed by atoms with Crippen LogP contribution in [0, 0.1) is 5.41 Å². The van der Waals surface area contributed by atoms with Gasteiger partial charge in [-0.3, -0.25) is 4.79 Å². The van der Waals surface area contributed by atoms with Gasteiger partial charge in [0.05, 0.1) is 12.6 Å². The van der Waals surface area contributed by atoms with Gasteiger partial charge in [-0.25, -0.2) is 4.98 Å². The molecule has 3 atom stereocenters. The fourth-order valence-corrected chi connectivity index (χ4v) is 3.06. The molecule has 2 aliphatic rings. The van der Waals surface area contributed by atoms with Crippen LogP contribution in [0.25, 0.3) is 0 Å². The topological polar surface area (TPSA) is 63.2 Å². The zero-order valence-corrected chi connectivity index (χ0v) is 14.1. The molecule has 2 fully saturated rings. The molecule has 2 heterocycles. The first-order chi connectivity index (χ1) is 10.7. The summed E-state index contributed by atoms with van der Waals surface area (Å²) in [5.74, 6) is -0.457. The van der Waals surface area contributed by atoms with Gasteiger partial charge >= 0.3 is 6.18 Å². The summed E-state index contributed by atoms with van der Waals surface area (Å²) in [4.78, 5) is 15.9. The van der Waals surface area contributed by atoms with E-state index in [-0.39, 0.29) is 36.2 Å². The maximum absolute atomic E-state index is 12.8. The van der Waals surface area contributed by atoms with Crippen molar-refractivity contribution < 1.29 is 22.7 Å². The van der Waals surface area contributed by atoms with Crippen LogP contribution in [0.15, 0.2) is 12.1 Å². The van der Waals surface area contributed by atoms with Crippen molar-refractivity contribution in [2.75, 3.05) is 12.4 Å². The fourth-order valence-electron chi connectivity index (χ4n) is 3.06. The second-order valence-electron chi connectivity index (χ2n) is 6.46. The number of hydrogen-bond donors (Lipinski definition) is 2. The summed E-state index contributed by atoms with van der Waals surface area (Å²) in [5.41, 5.74) is -0.497. The highest BCUT2D eigenvalue weighted by atomic mass is 35.5. The van der Waals surface area contributed by atoms with E-state index in [1.807, 2.05) is 0 Å². The molecule has 0 bridgehead atoms. The summed E-state index contributed by atoms with van der Waals surface area (Å²) in [6.07, 6.45) is -2.85. The van der Waals surface area contributed by atoms with Crippen LogP contribution < -0.4 is 10.6 Å². The lowest BCUT2D eigenvalue weighted by atomic mass is 10.0. The number of methoxy groups -OCH3 is 1. The predicted octanol–water partition coefficient (Wildman–Crippen LogP) is 2.75. The molecule has 1 aromatic heterocycles. The average molecular weight is 366 g/mol. The van der Waals surface area contributed by atoms with Crippen LogP contribution in [0.3, 0.4) is 0 Å². The lowest BCUT2D eigenvalue weighted by molar-refractivity contribution is -0.141. The fraction of sp³-hybridized carbons (Fsp3) is 0.600. The van der Waals surface area contributed by atoms with Crippen molar-refractivity contribution in [3.05, 3.63) is 23.4 Å². The molecular formula is C15H19ClF3N3O2. The number of carbonyl (C=O) groups excluding carboxylic acids is 1. The first-order valence-electron chi connectivity index (χ1n) is 7.36. The highest BCUT2D eigenvalue weighted by molar-refractivity contribution is 5.95. The third-order valence-electron chi connectivity index (χ3n) is 4.55. The molecule has 0 unspecified atom stereocenters. The Kier molecular flexibility index (Phi) is 5.13. The number of ether oxygens (including phenoxy) is 1. The molecule has 1 saturated carbocycles. The van der Waals surface area contributed by atoms with E-state index in [0.29, 0.717) is 18.0 Å². The minimum absolute atomic E-state index is 0. The van der Waals surface area contributed by atoms with Gasteiger partial charge in [0, 0.05) is 18.7 Å². The van der Waals surface area contributed by atoms with Crippen LogP contribution in [0.4, 0.5) is 19.0 Å². The maximum Gasteiger partial charge on any atom is 0.433 e. The van der Waals surface area contributed by atoms with Crippen LogP contribution in [0.1, 0.15) is 31.0 Å². The van der Waals surface area contributed by atoms with E-state index < -0.39 is 17.9 Å². The number of hydrogen-bond acceptors (Lipinski definition) is 4. The van der Waals surface area contributed by atoms with Crippen LogP contribution in [-0.2, 0) is 22.3 Å². The maximum atomic E-state index is 12.8. The Bertz CT molecular complexity index is 641. The highest BCUT2D eigenvalue weighted by Crippen LogP contribution is 2.53. The molecule has 1 aliphatic carbocycles. The van der Waals surface area contributed by atoms with E-state index in [1.54, 1.807) is 0 Å². The zero-order chi connectivity index (χ0) is 16.8. The van der Waals surface area contributed by atoms with E-state index >= 15 is 0 Å². The number of amides is 1. The van der Waals surface area contributed by atoms with Crippen molar-refractivity contribution in [3.8, 4) is 0 Å². The number of fused-ring (bicyclic) bond motifs is 1. The van der Waals surface area contributed by atoms with Gasteiger partial charge in [-0.2, -0.15) is 13.2 Å². The van der Waals surface area contributed by atoms with Gasteiger partial charge in [0.25, 0.3) is 0 Å². The van der Waals surface area contributed by atoms with Crippen molar-refractivity contribution in [3.63, 3.8) is 0 Å². The van der Waals surface area contributed by atoms with Gasteiger partial charge in [-0.05, 0) is 24.3 Å². The second-order valence-corrected chi connectivity index (χ2v) is 6.46. The number of alkyl halides is 3. The summed E-state index contributed by atoms with van der Waals surface area (Å²) in [6, 6.07) is 2.08. The van der Waals surface area contributed by atoms with Crippen molar-refractivity contribution >= 4 is 24.1 Å². The number of aromatic nitrogens is 1. The molecule has 24 heavy (non-hydrogen) atoms. The van der Waals surface area contributed by atoms with E-state index in [0.717, 1.165) is 12.5 Å². The Balaban J connectivity index is 0.00000208. The standard InChI is InChI=1S/C15H18F3N3O2.ClH/c1-14-5-9(19-11(14)6-14)13(22)21-12-8(7-23-2)3-4-10(20-12)15(16,17)18;/h3-4,9,11,19H,5-7H2,1-2H3,(H,20,21,22);1H/t9-,11+,14-;/m0./s1. The van der Waals surface area contributed by atoms with Gasteiger partial charge in [-0.15, -0.1) is 12.4 Å². The molecule has 1 amide bonds. The van der Waals surface area contributed by atoms with Gasteiger partial charge in [0.1, 0.15) is 11.5 Å². The highest BCUT2D eigenvalue weighted by Gasteiger charge is 2.58. The van der Waals surface area contributed by atoms with Crippen LogP contribution in [-0.4, -0.2) is 30.1 Å². The summed E-state index contributed by atoms with van der Waals surface area (Å²) in [7, 11) is 1.43. The summed E-state index contributed by atoms with van der Waals surface area (Å²) in [6.45, 7) is 2.16. The Morgan fingerprint density at radius 3 is 2.71 bits per heavy atom. The number of piperidine rings is 1. The smallest absolute Gasteiger partial charge is 0.380 e. The van der Waals surface area contributed by atoms with Crippen LogP contribution >= 0.6 is 12.4 Å². The minimum atomic E-state index is -4.56. The first kappa shape index (κ1) is 19.0. The Morgan fingerprint density at radius 1 is 1.46 bits per heavy atom. The van der Waals surface area contributed by atoms with Gasteiger partial charge in [0.15, 0.2) is 0 Å². The first-order valence-corrected chi connectivity index (χ1v) is 7.36. The molecule has 1 aromatic rings. The van der Waals surface area contributed by atoms with E-state index in [1.165, 1.54) is 13.2 Å². The molecule has 0 aromatic carbocycles. The monoisotopic (exact) mass is 365 g/mol. The van der Waals surface area contributed by atoms with Crippen molar-refractivity contribution in [1.29, 1.82) is 0 Å². The van der Waals surface area contributed by atoms with Crippen LogP contribution in [0.5, 0.6) is 0 Å². The average Bonchev–Trinajstić information content (AvgIpc) is 2.97. The lowest BCUT2D eigenvalue weighted by Gasteiger charge is -2.17. The molecule has 9 heteroatoms. The number of carbonyl (C=O) groups is 1. The number of pyridine rings is 1. The van der Waals surface area contributed by atoms with E-state index in [2.05, 4.69) is 22.5 Å². The second kappa shape index (κ2) is 6.50. The molecule has 134 valence electrons. The molecule has 3 rings (SSSR count). The summed E-state index contributed by atoms with van der Waals surface area (Å²) < 4.78 is 43.4. The van der Waals surface area contributed by atoms with E-state index in [4.69, 9.17) is 4.74 Å². The third kappa shape index (κ3) is 3.65. The molecule has 1 aliphatic heterocycles. The van der Waals surface area contributed by atoms with Gasteiger partial charge < -0.3 is 15.4 Å². The molecule has 0 radical (unpaired) electrons. The summed E-state index contributed by atoms with van der Waals surface area (Å²) >= 11 is 0. The number of nitrogens with zero attached hydrogens (tertiary/aromatic N) is 1. The Labute approximate surface area is 143 Å². The molecule has 1 saturated heterocycles. The number of nitrogens with one attached hydrogen (secondary N) is 2. The predicted molar refractivity (Wildman–Crippen MR) is 83.9 cm³/mol. The number of rotatable bonds is 4. The Hall–Kier alpha value is -1.38. The van der Waals surface area contributed by atoms with Gasteiger partial charge in [-0.1, -0.05) is 13.0 Å². The van der Waals surface area contributed by atoms with Crippen LogP contribution in [0.2, 0.25) is 0 Å². The zero-order valence-electron chi connectivity index (χ0n) is 13.2. The normalized spacial score (nSPS) is 28.0. The van der Waals surface area contributed by atoms with Gasteiger partial charge in [0.2, 0.25) is 5.91 Å².